The molecule has 2 aromatic rings. The van der Waals surface area contributed by atoms with Gasteiger partial charge in [-0.1, -0.05) is 18.2 Å². The van der Waals surface area contributed by atoms with E-state index in [0.29, 0.717) is 11.3 Å². The van der Waals surface area contributed by atoms with Crippen LogP contribution < -0.4 is 10.1 Å². The van der Waals surface area contributed by atoms with Crippen molar-refractivity contribution in [3.63, 3.8) is 0 Å². The monoisotopic (exact) mass is 419 g/mol. The molecule has 11 heteroatoms. The molecule has 0 spiro atoms. The molecular weight excluding hydrogens is 404 g/mol. The van der Waals surface area contributed by atoms with Crippen LogP contribution >= 0.6 is 0 Å². The number of rotatable bonds is 8. The molecule has 1 aliphatic heterocycles. The summed E-state index contributed by atoms with van der Waals surface area (Å²) in [7, 11) is 0. The van der Waals surface area contributed by atoms with Crippen LogP contribution in [0.2, 0.25) is 0 Å². The van der Waals surface area contributed by atoms with Crippen molar-refractivity contribution in [2.45, 2.75) is 13.0 Å². The van der Waals surface area contributed by atoms with Crippen LogP contribution in [0.15, 0.2) is 42.5 Å². The molecule has 156 valence electrons. The first-order chi connectivity index (χ1) is 14.3. The molecule has 0 fully saturated rings. The Kier molecular flexibility index (Phi) is 6.00. The molecule has 0 unspecified atom stereocenters. The van der Waals surface area contributed by atoms with Gasteiger partial charge in [0, 0.05) is 12.6 Å². The van der Waals surface area contributed by atoms with Crippen LogP contribution in [-0.2, 0) is 11.2 Å². The summed E-state index contributed by atoms with van der Waals surface area (Å²) in [5.74, 6) is -2.28. The largest absolute Gasteiger partial charge is 0.435 e. The van der Waals surface area contributed by atoms with Gasteiger partial charge < -0.3 is 10.1 Å². The molecule has 0 saturated heterocycles. The number of ether oxygens (including phenoxy) is 1. The molecule has 3 rings (SSSR count). The zero-order chi connectivity index (χ0) is 21.8. The van der Waals surface area contributed by atoms with E-state index in [1.165, 1.54) is 24.3 Å². The Bertz CT molecular complexity index is 1010. The van der Waals surface area contributed by atoms with Crippen molar-refractivity contribution in [2.24, 2.45) is 0 Å². The summed E-state index contributed by atoms with van der Waals surface area (Å²) >= 11 is 0. The average Bonchev–Trinajstić information content (AvgIpc) is 2.94. The van der Waals surface area contributed by atoms with Gasteiger partial charge in [-0.25, -0.2) is 0 Å². The summed E-state index contributed by atoms with van der Waals surface area (Å²) in [4.78, 5) is 47.9. The van der Waals surface area contributed by atoms with Gasteiger partial charge in [-0.15, -0.1) is 0 Å². The number of alkyl halides is 2. The number of hydrogen-bond donors (Lipinski definition) is 1. The first kappa shape index (κ1) is 20.8. The zero-order valence-electron chi connectivity index (χ0n) is 15.3. The minimum absolute atomic E-state index is 0.0116. The Hall–Kier alpha value is -3.89. The standard InChI is InChI=1S/C19H15F2N3O6/c20-19(21)30-12-6-4-11(5-7-12)8-9-22-15(25)10-23-17(26)13-2-1-3-14(24(28)29)16(13)18(23)27/h1-7,19H,8-10H2,(H,22,25). The molecule has 0 saturated carbocycles. The number of halogens is 2. The first-order valence-corrected chi connectivity index (χ1v) is 8.72. The van der Waals surface area contributed by atoms with E-state index in [9.17, 15) is 33.3 Å². The van der Waals surface area contributed by atoms with Crippen molar-refractivity contribution in [3.05, 3.63) is 69.3 Å². The molecule has 3 amide bonds. The third-order valence-corrected chi connectivity index (χ3v) is 4.36. The number of carbonyl (C=O) groups excluding carboxylic acids is 3. The highest BCUT2D eigenvalue weighted by Crippen LogP contribution is 2.30. The number of nitrogens with zero attached hydrogens (tertiary/aromatic N) is 2. The number of carbonyl (C=O) groups is 3. The van der Waals surface area contributed by atoms with Crippen LogP contribution in [-0.4, -0.2) is 47.2 Å². The molecular formula is C19H15F2N3O6. The van der Waals surface area contributed by atoms with E-state index in [2.05, 4.69) is 10.1 Å². The van der Waals surface area contributed by atoms with E-state index in [0.717, 1.165) is 11.6 Å². The van der Waals surface area contributed by atoms with E-state index < -0.39 is 41.5 Å². The average molecular weight is 419 g/mol. The van der Waals surface area contributed by atoms with Crippen molar-refractivity contribution in [2.75, 3.05) is 13.1 Å². The lowest BCUT2D eigenvalue weighted by Crippen LogP contribution is -2.40. The van der Waals surface area contributed by atoms with Gasteiger partial charge in [0.1, 0.15) is 17.9 Å². The summed E-state index contributed by atoms with van der Waals surface area (Å²) in [6.45, 7) is -3.33. The maximum atomic E-state index is 12.4. The molecule has 0 aromatic heterocycles. The van der Waals surface area contributed by atoms with Crippen molar-refractivity contribution >= 4 is 23.4 Å². The number of nitro benzene ring substituents is 1. The second kappa shape index (κ2) is 8.64. The molecule has 1 heterocycles. The normalized spacial score (nSPS) is 12.8. The van der Waals surface area contributed by atoms with Crippen molar-refractivity contribution in [1.82, 2.24) is 10.2 Å². The van der Waals surface area contributed by atoms with E-state index >= 15 is 0 Å². The van der Waals surface area contributed by atoms with Crippen LogP contribution in [0.4, 0.5) is 14.5 Å². The summed E-state index contributed by atoms with van der Waals surface area (Å²) < 4.78 is 28.5. The van der Waals surface area contributed by atoms with Gasteiger partial charge in [0.2, 0.25) is 5.91 Å². The third kappa shape index (κ3) is 4.40. The van der Waals surface area contributed by atoms with Crippen molar-refractivity contribution in [1.29, 1.82) is 0 Å². The van der Waals surface area contributed by atoms with Crippen molar-refractivity contribution in [3.8, 4) is 5.75 Å². The Morgan fingerprint density at radius 2 is 1.83 bits per heavy atom. The number of nitro groups is 1. The second-order valence-corrected chi connectivity index (χ2v) is 6.28. The molecule has 1 N–H and O–H groups in total. The van der Waals surface area contributed by atoms with E-state index in [1.54, 1.807) is 12.1 Å². The molecule has 0 atom stereocenters. The maximum absolute atomic E-state index is 12.4. The highest BCUT2D eigenvalue weighted by Gasteiger charge is 2.41. The molecule has 0 radical (unpaired) electrons. The number of imide groups is 1. The Morgan fingerprint density at radius 1 is 1.13 bits per heavy atom. The Labute approximate surface area is 168 Å². The van der Waals surface area contributed by atoms with Gasteiger partial charge in [-0.2, -0.15) is 8.78 Å². The lowest BCUT2D eigenvalue weighted by molar-refractivity contribution is -0.385. The van der Waals surface area contributed by atoms with E-state index in [4.69, 9.17) is 0 Å². The van der Waals surface area contributed by atoms with E-state index in [1.807, 2.05) is 0 Å². The van der Waals surface area contributed by atoms with Gasteiger partial charge in [0.05, 0.1) is 10.5 Å². The first-order valence-electron chi connectivity index (χ1n) is 8.72. The highest BCUT2D eigenvalue weighted by molar-refractivity contribution is 6.24. The molecule has 9 nitrogen and oxygen atoms in total. The predicted molar refractivity (Wildman–Crippen MR) is 98.3 cm³/mol. The quantitative estimate of drug-likeness (QED) is 0.398. The van der Waals surface area contributed by atoms with E-state index in [-0.39, 0.29) is 23.4 Å². The van der Waals surface area contributed by atoms with Gasteiger partial charge in [0.15, 0.2) is 0 Å². The fraction of sp³-hybridized carbons (Fsp3) is 0.211. The number of hydrogen-bond acceptors (Lipinski definition) is 6. The summed E-state index contributed by atoms with van der Waals surface area (Å²) in [5, 5.41) is 13.6. The van der Waals surface area contributed by atoms with Crippen LogP contribution in [0.25, 0.3) is 0 Å². The Morgan fingerprint density at radius 3 is 2.47 bits per heavy atom. The minimum atomic E-state index is -2.92. The fourth-order valence-electron chi connectivity index (χ4n) is 2.99. The summed E-state index contributed by atoms with van der Waals surface area (Å²) in [6.07, 6.45) is 0.369. The van der Waals surface area contributed by atoms with Gasteiger partial charge >= 0.3 is 6.61 Å². The van der Waals surface area contributed by atoms with Crippen LogP contribution in [0.1, 0.15) is 26.3 Å². The van der Waals surface area contributed by atoms with Crippen molar-refractivity contribution < 1.29 is 32.8 Å². The number of fused-ring (bicyclic) bond motifs is 1. The molecule has 1 aliphatic rings. The van der Waals surface area contributed by atoms with Gasteiger partial charge in [0.25, 0.3) is 17.5 Å². The van der Waals surface area contributed by atoms with Crippen LogP contribution in [0.5, 0.6) is 5.75 Å². The highest BCUT2D eigenvalue weighted by atomic mass is 19.3. The Balaban J connectivity index is 1.55. The molecule has 2 aromatic carbocycles. The third-order valence-electron chi connectivity index (χ3n) is 4.36. The van der Waals surface area contributed by atoms with Gasteiger partial charge in [-0.3, -0.25) is 29.4 Å². The lowest BCUT2D eigenvalue weighted by Gasteiger charge is -2.13. The zero-order valence-corrected chi connectivity index (χ0v) is 15.3. The van der Waals surface area contributed by atoms with Crippen LogP contribution in [0, 0.1) is 10.1 Å². The molecule has 0 aliphatic carbocycles. The van der Waals surface area contributed by atoms with Crippen LogP contribution in [0.3, 0.4) is 0 Å². The van der Waals surface area contributed by atoms with Gasteiger partial charge in [-0.05, 0) is 30.2 Å². The number of nitrogens with one attached hydrogen (secondary N) is 1. The minimum Gasteiger partial charge on any atom is -0.435 e. The molecule has 0 bridgehead atoms. The summed E-state index contributed by atoms with van der Waals surface area (Å²) in [6, 6.07) is 9.57. The molecule has 30 heavy (non-hydrogen) atoms. The number of benzene rings is 2. The predicted octanol–water partition coefficient (Wildman–Crippen LogP) is 2.15. The number of amides is 3. The summed E-state index contributed by atoms with van der Waals surface area (Å²) in [5.41, 5.74) is -0.194. The smallest absolute Gasteiger partial charge is 0.387 e. The SMILES string of the molecule is O=C(CN1C(=O)c2cccc([N+](=O)[O-])c2C1=O)NCCc1ccc(OC(F)F)cc1. The fourth-order valence-corrected chi connectivity index (χ4v) is 2.99. The topological polar surface area (TPSA) is 119 Å². The second-order valence-electron chi connectivity index (χ2n) is 6.28. The maximum Gasteiger partial charge on any atom is 0.387 e. The lowest BCUT2D eigenvalue weighted by atomic mass is 10.1.